The number of rotatable bonds is 2. The molecule has 0 radical (unpaired) electrons. The van der Waals surface area contributed by atoms with Crippen LogP contribution in [0.25, 0.3) is 0 Å². The number of nitrogens with zero attached hydrogens (tertiary/aromatic N) is 1. The maximum absolute atomic E-state index is 13.0. The SMILES string of the molecule is CN1CCC(Oc2ccc(F)c(Br)c2)C1=O. The van der Waals surface area contributed by atoms with Gasteiger partial charge < -0.3 is 9.64 Å². The molecule has 0 bridgehead atoms. The van der Waals surface area contributed by atoms with Gasteiger partial charge in [-0.25, -0.2) is 4.39 Å². The fraction of sp³-hybridized carbons (Fsp3) is 0.364. The van der Waals surface area contributed by atoms with Gasteiger partial charge in [-0.15, -0.1) is 0 Å². The van der Waals surface area contributed by atoms with Gasteiger partial charge in [0.2, 0.25) is 0 Å². The number of ether oxygens (including phenoxy) is 1. The van der Waals surface area contributed by atoms with Crippen LogP contribution in [0.3, 0.4) is 0 Å². The highest BCUT2D eigenvalue weighted by Crippen LogP contribution is 2.24. The van der Waals surface area contributed by atoms with Gasteiger partial charge in [-0.2, -0.15) is 0 Å². The summed E-state index contributed by atoms with van der Waals surface area (Å²) in [7, 11) is 1.74. The number of hydrogen-bond donors (Lipinski definition) is 0. The molecule has 86 valence electrons. The second-order valence-corrected chi connectivity index (χ2v) is 4.59. The summed E-state index contributed by atoms with van der Waals surface area (Å²) in [5, 5.41) is 0. The first kappa shape index (κ1) is 11.4. The van der Waals surface area contributed by atoms with E-state index in [2.05, 4.69) is 15.9 Å². The first-order valence-corrected chi connectivity index (χ1v) is 5.74. The number of halogens is 2. The molecular formula is C11H11BrFNO2. The highest BCUT2D eigenvalue weighted by molar-refractivity contribution is 9.10. The monoisotopic (exact) mass is 287 g/mol. The lowest BCUT2D eigenvalue weighted by atomic mass is 10.3. The Morgan fingerprint density at radius 1 is 1.56 bits per heavy atom. The molecule has 1 amide bonds. The molecule has 1 atom stereocenters. The van der Waals surface area contributed by atoms with Crippen molar-refractivity contribution in [3.8, 4) is 5.75 Å². The Morgan fingerprint density at radius 2 is 2.31 bits per heavy atom. The summed E-state index contributed by atoms with van der Waals surface area (Å²) in [4.78, 5) is 13.2. The van der Waals surface area contributed by atoms with Gasteiger partial charge in [0.05, 0.1) is 4.47 Å². The summed E-state index contributed by atoms with van der Waals surface area (Å²) in [6.07, 6.45) is 0.229. The average Bonchev–Trinajstić information content (AvgIpc) is 2.55. The maximum atomic E-state index is 13.0. The third-order valence-corrected chi connectivity index (χ3v) is 3.16. The van der Waals surface area contributed by atoms with Crippen molar-refractivity contribution in [2.24, 2.45) is 0 Å². The number of likely N-dealkylation sites (N-methyl/N-ethyl adjacent to an activating group) is 1. The van der Waals surface area contributed by atoms with Crippen LogP contribution in [0.4, 0.5) is 4.39 Å². The van der Waals surface area contributed by atoms with E-state index in [1.807, 2.05) is 0 Å². The molecule has 0 aromatic heterocycles. The molecule has 1 unspecified atom stereocenters. The Morgan fingerprint density at radius 3 is 2.88 bits per heavy atom. The van der Waals surface area contributed by atoms with E-state index in [-0.39, 0.29) is 11.7 Å². The van der Waals surface area contributed by atoms with Crippen molar-refractivity contribution in [2.75, 3.05) is 13.6 Å². The van der Waals surface area contributed by atoms with Gasteiger partial charge in [0.25, 0.3) is 5.91 Å². The lowest BCUT2D eigenvalue weighted by Crippen LogP contribution is -2.29. The third-order valence-electron chi connectivity index (χ3n) is 2.55. The van der Waals surface area contributed by atoms with Crippen molar-refractivity contribution in [2.45, 2.75) is 12.5 Å². The molecule has 1 aliphatic heterocycles. The first-order chi connectivity index (χ1) is 7.58. The Bertz CT molecular complexity index is 424. The zero-order chi connectivity index (χ0) is 11.7. The van der Waals surface area contributed by atoms with E-state index in [0.717, 1.165) is 0 Å². The lowest BCUT2D eigenvalue weighted by molar-refractivity contribution is -0.132. The summed E-state index contributed by atoms with van der Waals surface area (Å²) in [5.41, 5.74) is 0. The van der Waals surface area contributed by atoms with Crippen molar-refractivity contribution < 1.29 is 13.9 Å². The predicted molar refractivity (Wildman–Crippen MR) is 60.8 cm³/mol. The predicted octanol–water partition coefficient (Wildman–Crippen LogP) is 2.20. The maximum Gasteiger partial charge on any atom is 0.263 e. The Balaban J connectivity index is 2.10. The number of carbonyl (C=O) groups excluding carboxylic acids is 1. The second kappa shape index (κ2) is 4.41. The molecule has 5 heteroatoms. The third kappa shape index (κ3) is 2.19. The minimum atomic E-state index is -0.442. The number of benzene rings is 1. The van der Waals surface area contributed by atoms with E-state index in [4.69, 9.17) is 4.74 Å². The molecule has 2 rings (SSSR count). The summed E-state index contributed by atoms with van der Waals surface area (Å²) >= 11 is 3.07. The molecule has 0 aliphatic carbocycles. The topological polar surface area (TPSA) is 29.5 Å². The summed E-state index contributed by atoms with van der Waals surface area (Å²) in [6, 6.07) is 4.36. The first-order valence-electron chi connectivity index (χ1n) is 4.94. The van der Waals surface area contributed by atoms with Crippen LogP contribution in [-0.2, 0) is 4.79 Å². The fourth-order valence-corrected chi connectivity index (χ4v) is 1.97. The van der Waals surface area contributed by atoms with Gasteiger partial charge in [0.15, 0.2) is 6.10 Å². The number of amides is 1. The number of hydrogen-bond acceptors (Lipinski definition) is 2. The van der Waals surface area contributed by atoms with Gasteiger partial charge >= 0.3 is 0 Å². The van der Waals surface area contributed by atoms with Crippen LogP contribution in [0.1, 0.15) is 6.42 Å². The van der Waals surface area contributed by atoms with E-state index in [0.29, 0.717) is 23.2 Å². The molecule has 1 aromatic carbocycles. The van der Waals surface area contributed by atoms with Crippen LogP contribution in [-0.4, -0.2) is 30.5 Å². The van der Waals surface area contributed by atoms with E-state index >= 15 is 0 Å². The van der Waals surface area contributed by atoms with Crippen LogP contribution in [0.2, 0.25) is 0 Å². The summed E-state index contributed by atoms with van der Waals surface area (Å²) < 4.78 is 18.8. The van der Waals surface area contributed by atoms with E-state index in [1.54, 1.807) is 11.9 Å². The normalized spacial score (nSPS) is 20.3. The van der Waals surface area contributed by atoms with Crippen molar-refractivity contribution in [3.05, 3.63) is 28.5 Å². The standard InChI is InChI=1S/C11H11BrFNO2/c1-14-5-4-10(11(14)15)16-7-2-3-9(13)8(12)6-7/h2-3,6,10H,4-5H2,1H3. The van der Waals surface area contributed by atoms with Crippen molar-refractivity contribution in [1.29, 1.82) is 0 Å². The van der Waals surface area contributed by atoms with Gasteiger partial charge in [0.1, 0.15) is 11.6 Å². The second-order valence-electron chi connectivity index (χ2n) is 3.73. The summed E-state index contributed by atoms with van der Waals surface area (Å²) in [6.45, 7) is 0.700. The van der Waals surface area contributed by atoms with E-state index in [9.17, 15) is 9.18 Å². The molecule has 0 N–H and O–H groups in total. The van der Waals surface area contributed by atoms with Gasteiger partial charge in [0, 0.05) is 20.0 Å². The largest absolute Gasteiger partial charge is 0.480 e. The molecular weight excluding hydrogens is 277 g/mol. The van der Waals surface area contributed by atoms with Crippen molar-refractivity contribution in [1.82, 2.24) is 4.90 Å². The highest BCUT2D eigenvalue weighted by Gasteiger charge is 2.30. The summed E-state index contributed by atoms with van der Waals surface area (Å²) in [5.74, 6) is 0.129. The van der Waals surface area contributed by atoms with E-state index < -0.39 is 6.10 Å². The molecule has 16 heavy (non-hydrogen) atoms. The Hall–Kier alpha value is -1.10. The minimum absolute atomic E-state index is 0.0274. The van der Waals surface area contributed by atoms with Crippen LogP contribution < -0.4 is 4.74 Å². The Labute approximate surface area is 101 Å². The van der Waals surface area contributed by atoms with Crippen LogP contribution in [0, 0.1) is 5.82 Å². The fourth-order valence-electron chi connectivity index (χ4n) is 1.61. The van der Waals surface area contributed by atoms with Gasteiger partial charge in [-0.05, 0) is 34.1 Å². The molecule has 1 heterocycles. The van der Waals surface area contributed by atoms with E-state index in [1.165, 1.54) is 18.2 Å². The smallest absolute Gasteiger partial charge is 0.263 e. The number of carbonyl (C=O) groups is 1. The molecule has 0 spiro atoms. The van der Waals surface area contributed by atoms with Crippen LogP contribution in [0.5, 0.6) is 5.75 Å². The van der Waals surface area contributed by atoms with Gasteiger partial charge in [-0.1, -0.05) is 0 Å². The molecule has 1 saturated heterocycles. The van der Waals surface area contributed by atoms with Crippen molar-refractivity contribution in [3.63, 3.8) is 0 Å². The molecule has 1 aromatic rings. The zero-order valence-corrected chi connectivity index (χ0v) is 10.3. The molecule has 3 nitrogen and oxygen atoms in total. The average molecular weight is 288 g/mol. The molecule has 1 fully saturated rings. The quantitative estimate of drug-likeness (QED) is 0.835. The molecule has 0 saturated carbocycles. The van der Waals surface area contributed by atoms with Crippen LogP contribution >= 0.6 is 15.9 Å². The van der Waals surface area contributed by atoms with Crippen LogP contribution in [0.15, 0.2) is 22.7 Å². The van der Waals surface area contributed by atoms with Crippen molar-refractivity contribution >= 4 is 21.8 Å². The Kier molecular flexibility index (Phi) is 3.14. The van der Waals surface area contributed by atoms with Gasteiger partial charge in [-0.3, -0.25) is 4.79 Å². The lowest BCUT2D eigenvalue weighted by Gasteiger charge is -2.13. The zero-order valence-electron chi connectivity index (χ0n) is 8.74. The number of likely N-dealkylation sites (tertiary alicyclic amines) is 1. The molecule has 1 aliphatic rings. The minimum Gasteiger partial charge on any atom is -0.480 e. The highest BCUT2D eigenvalue weighted by atomic mass is 79.9.